The minimum atomic E-state index is -0.683. The van der Waals surface area contributed by atoms with Crippen molar-refractivity contribution in [3.63, 3.8) is 0 Å². The van der Waals surface area contributed by atoms with Crippen LogP contribution in [0.3, 0.4) is 0 Å². The van der Waals surface area contributed by atoms with Crippen molar-refractivity contribution in [2.24, 2.45) is 5.73 Å². The lowest BCUT2D eigenvalue weighted by molar-refractivity contribution is 0.102. The Kier molecular flexibility index (Phi) is 4.40. The molecule has 108 valence electrons. The highest BCUT2D eigenvalue weighted by Crippen LogP contribution is 2.25. The van der Waals surface area contributed by atoms with E-state index in [1.165, 1.54) is 12.1 Å². The second kappa shape index (κ2) is 6.07. The van der Waals surface area contributed by atoms with Crippen LogP contribution < -0.4 is 11.1 Å². The smallest absolute Gasteiger partial charge is 0.259 e. The van der Waals surface area contributed by atoms with Gasteiger partial charge in [0.15, 0.2) is 0 Å². The first-order valence-electron chi connectivity index (χ1n) is 5.77. The molecule has 0 aliphatic rings. The van der Waals surface area contributed by atoms with E-state index in [-0.39, 0.29) is 21.3 Å². The van der Waals surface area contributed by atoms with Crippen molar-refractivity contribution in [2.45, 2.75) is 0 Å². The summed E-state index contributed by atoms with van der Waals surface area (Å²) in [5.74, 6) is -1.64. The number of hydrogen-bond donors (Lipinski definition) is 3. The highest BCUT2D eigenvalue weighted by molar-refractivity contribution is 7.80. The summed E-state index contributed by atoms with van der Waals surface area (Å²) in [7, 11) is 0. The Morgan fingerprint density at radius 3 is 2.62 bits per heavy atom. The van der Waals surface area contributed by atoms with Gasteiger partial charge in [-0.3, -0.25) is 4.79 Å². The van der Waals surface area contributed by atoms with Crippen LogP contribution in [0.1, 0.15) is 15.9 Å². The van der Waals surface area contributed by atoms with Crippen LogP contribution in [0.2, 0.25) is 5.02 Å². The number of nitrogens with one attached hydrogen (secondary N) is 1. The molecule has 21 heavy (non-hydrogen) atoms. The molecule has 0 radical (unpaired) electrons. The van der Waals surface area contributed by atoms with Crippen LogP contribution in [-0.4, -0.2) is 16.0 Å². The number of benzene rings is 2. The number of amides is 1. The molecule has 7 heteroatoms. The van der Waals surface area contributed by atoms with Gasteiger partial charge in [-0.25, -0.2) is 4.39 Å². The van der Waals surface area contributed by atoms with Crippen LogP contribution in [0.25, 0.3) is 0 Å². The van der Waals surface area contributed by atoms with Crippen molar-refractivity contribution in [3.8, 4) is 5.75 Å². The zero-order chi connectivity index (χ0) is 15.6. The first kappa shape index (κ1) is 15.2. The van der Waals surface area contributed by atoms with Gasteiger partial charge in [0.05, 0.1) is 16.3 Å². The Morgan fingerprint density at radius 1 is 1.29 bits per heavy atom. The second-order valence-corrected chi connectivity index (χ2v) is 5.02. The van der Waals surface area contributed by atoms with Crippen molar-refractivity contribution >= 4 is 40.4 Å². The molecule has 0 fully saturated rings. The van der Waals surface area contributed by atoms with Gasteiger partial charge in [0.25, 0.3) is 5.91 Å². The molecule has 0 saturated heterocycles. The molecule has 0 aromatic heterocycles. The van der Waals surface area contributed by atoms with Crippen molar-refractivity contribution in [2.75, 3.05) is 5.32 Å². The largest absolute Gasteiger partial charge is 0.507 e. The van der Waals surface area contributed by atoms with E-state index in [9.17, 15) is 14.3 Å². The summed E-state index contributed by atoms with van der Waals surface area (Å²) in [6.07, 6.45) is 0. The van der Waals surface area contributed by atoms with Gasteiger partial charge in [0.2, 0.25) is 0 Å². The van der Waals surface area contributed by atoms with E-state index >= 15 is 0 Å². The lowest BCUT2D eigenvalue weighted by Crippen LogP contribution is -2.14. The molecule has 2 aromatic rings. The van der Waals surface area contributed by atoms with E-state index in [4.69, 9.17) is 29.6 Å². The molecular formula is C14H10ClFN2O2S. The summed E-state index contributed by atoms with van der Waals surface area (Å²) in [5.41, 5.74) is 6.14. The molecule has 0 atom stereocenters. The minimum absolute atomic E-state index is 0.178. The van der Waals surface area contributed by atoms with E-state index in [0.717, 1.165) is 18.2 Å². The van der Waals surface area contributed by atoms with E-state index in [1.807, 2.05) is 0 Å². The number of hydrogen-bond acceptors (Lipinski definition) is 3. The van der Waals surface area contributed by atoms with E-state index < -0.39 is 11.7 Å². The van der Waals surface area contributed by atoms with Crippen molar-refractivity contribution in [1.82, 2.24) is 0 Å². The molecule has 2 rings (SSSR count). The molecule has 0 spiro atoms. The number of nitrogens with two attached hydrogens (primary N) is 1. The quantitative estimate of drug-likeness (QED) is 0.758. The molecule has 1 amide bonds. The fourth-order valence-corrected chi connectivity index (χ4v) is 2.00. The van der Waals surface area contributed by atoms with Gasteiger partial charge in [-0.05, 0) is 36.4 Å². The molecule has 0 bridgehead atoms. The Bertz CT molecular complexity index is 737. The Balaban J connectivity index is 2.27. The molecule has 4 nitrogen and oxygen atoms in total. The topological polar surface area (TPSA) is 75.3 Å². The lowest BCUT2D eigenvalue weighted by Gasteiger charge is -2.09. The molecule has 0 aliphatic carbocycles. The lowest BCUT2D eigenvalue weighted by atomic mass is 10.1. The Labute approximate surface area is 130 Å². The average Bonchev–Trinajstić information content (AvgIpc) is 2.43. The standard InChI is InChI=1S/C14H10ClFN2O2S/c15-10-5-7(13(17)21)1-3-11(10)18-14(20)9-6-8(16)2-4-12(9)19/h1-6,19H,(H2,17,21)(H,18,20). The number of phenols is 1. The third kappa shape index (κ3) is 3.48. The number of thiocarbonyl (C=S) groups is 1. The van der Waals surface area contributed by atoms with Crippen LogP contribution in [0.15, 0.2) is 36.4 Å². The van der Waals surface area contributed by atoms with Gasteiger partial charge < -0.3 is 16.2 Å². The van der Waals surface area contributed by atoms with Gasteiger partial charge in [0, 0.05) is 5.56 Å². The van der Waals surface area contributed by atoms with E-state index in [2.05, 4.69) is 5.32 Å². The maximum absolute atomic E-state index is 13.1. The number of halogens is 2. The second-order valence-electron chi connectivity index (χ2n) is 4.17. The number of aromatic hydroxyl groups is 1. The SMILES string of the molecule is NC(=S)c1ccc(NC(=O)c2cc(F)ccc2O)c(Cl)c1. The molecule has 0 aliphatic heterocycles. The first-order chi connectivity index (χ1) is 9.88. The third-order valence-corrected chi connectivity index (χ3v) is 3.25. The molecule has 0 unspecified atom stereocenters. The molecule has 0 saturated carbocycles. The summed E-state index contributed by atoms with van der Waals surface area (Å²) >= 11 is 10.8. The highest BCUT2D eigenvalue weighted by atomic mass is 35.5. The fourth-order valence-electron chi connectivity index (χ4n) is 1.65. The monoisotopic (exact) mass is 324 g/mol. The predicted molar refractivity (Wildman–Crippen MR) is 83.4 cm³/mol. The normalized spacial score (nSPS) is 10.2. The van der Waals surface area contributed by atoms with Crippen LogP contribution in [0.5, 0.6) is 5.75 Å². The van der Waals surface area contributed by atoms with Crippen molar-refractivity contribution in [3.05, 3.63) is 58.4 Å². The maximum atomic E-state index is 13.1. The third-order valence-electron chi connectivity index (χ3n) is 2.71. The minimum Gasteiger partial charge on any atom is -0.507 e. The maximum Gasteiger partial charge on any atom is 0.259 e. The fraction of sp³-hybridized carbons (Fsp3) is 0. The van der Waals surface area contributed by atoms with Gasteiger partial charge in [-0.2, -0.15) is 0 Å². The van der Waals surface area contributed by atoms with E-state index in [1.54, 1.807) is 6.07 Å². The summed E-state index contributed by atoms with van der Waals surface area (Å²) in [4.78, 5) is 12.2. The van der Waals surface area contributed by atoms with Gasteiger partial charge in [0.1, 0.15) is 16.6 Å². The van der Waals surface area contributed by atoms with Crippen LogP contribution in [-0.2, 0) is 0 Å². The Morgan fingerprint density at radius 2 is 2.00 bits per heavy atom. The highest BCUT2D eigenvalue weighted by Gasteiger charge is 2.14. The zero-order valence-corrected chi connectivity index (χ0v) is 12.1. The van der Waals surface area contributed by atoms with Crippen LogP contribution in [0, 0.1) is 5.82 Å². The van der Waals surface area contributed by atoms with Gasteiger partial charge in [-0.15, -0.1) is 0 Å². The first-order valence-corrected chi connectivity index (χ1v) is 6.56. The zero-order valence-electron chi connectivity index (χ0n) is 10.6. The predicted octanol–water partition coefficient (Wildman–Crippen LogP) is 3.07. The summed E-state index contributed by atoms with van der Waals surface area (Å²) in [5, 5.41) is 12.3. The average molecular weight is 325 g/mol. The Hall–Kier alpha value is -2.18. The van der Waals surface area contributed by atoms with Crippen molar-refractivity contribution in [1.29, 1.82) is 0 Å². The van der Waals surface area contributed by atoms with Crippen molar-refractivity contribution < 1.29 is 14.3 Å². The summed E-state index contributed by atoms with van der Waals surface area (Å²) in [6.45, 7) is 0. The van der Waals surface area contributed by atoms with Crippen LogP contribution in [0.4, 0.5) is 10.1 Å². The molecular weight excluding hydrogens is 315 g/mol. The molecule has 0 heterocycles. The number of carbonyl (C=O) groups excluding carboxylic acids is 1. The van der Waals surface area contributed by atoms with Crippen LogP contribution >= 0.6 is 23.8 Å². The van der Waals surface area contributed by atoms with E-state index in [0.29, 0.717) is 11.3 Å². The van der Waals surface area contributed by atoms with Gasteiger partial charge >= 0.3 is 0 Å². The summed E-state index contributed by atoms with van der Waals surface area (Å²) in [6, 6.07) is 7.70. The summed E-state index contributed by atoms with van der Waals surface area (Å²) < 4.78 is 13.1. The number of rotatable bonds is 3. The van der Waals surface area contributed by atoms with Gasteiger partial charge in [-0.1, -0.05) is 23.8 Å². The molecule has 2 aromatic carbocycles. The number of anilines is 1. The number of phenolic OH excluding ortho intramolecular Hbond substituents is 1. The molecule has 4 N–H and O–H groups in total. The number of carbonyl (C=O) groups is 1.